The van der Waals surface area contributed by atoms with E-state index in [4.69, 9.17) is 10.5 Å². The van der Waals surface area contributed by atoms with Crippen molar-refractivity contribution in [3.8, 4) is 5.75 Å². The molecular weight excluding hydrogens is 582 g/mol. The summed E-state index contributed by atoms with van der Waals surface area (Å²) in [7, 11) is 2.97. The molecule has 0 aliphatic heterocycles. The number of ketones is 2. The molecule has 3 aliphatic rings. The van der Waals surface area contributed by atoms with Crippen LogP contribution in [0.4, 0.5) is 10.5 Å². The smallest absolute Gasteiger partial charge is 0.411 e. The maximum atomic E-state index is 13.9. The maximum Gasteiger partial charge on any atom is 0.411 e. The van der Waals surface area contributed by atoms with Gasteiger partial charge >= 0.3 is 6.09 Å². The van der Waals surface area contributed by atoms with E-state index >= 15 is 0 Å². The molecule has 0 saturated heterocycles. The van der Waals surface area contributed by atoms with E-state index in [1.807, 2.05) is 0 Å². The van der Waals surface area contributed by atoms with Gasteiger partial charge in [0.05, 0.1) is 23.5 Å². The number of primary amides is 1. The van der Waals surface area contributed by atoms with Crippen molar-refractivity contribution in [1.82, 2.24) is 4.90 Å². The van der Waals surface area contributed by atoms with Gasteiger partial charge in [-0.15, -0.1) is 0 Å². The number of alkyl halides is 1. The number of nitrogens with two attached hydrogens (primary N) is 1. The number of aromatic hydroxyl groups is 1. The van der Waals surface area contributed by atoms with Crippen molar-refractivity contribution >= 4 is 50.9 Å². The minimum Gasteiger partial charge on any atom is -0.507 e. The summed E-state index contributed by atoms with van der Waals surface area (Å²) in [6, 6.07) is 1.60. The fraction of sp³-hybridized carbons (Fsp3) is 0.520. The van der Waals surface area contributed by atoms with E-state index in [1.54, 1.807) is 6.92 Å². The molecule has 14 heteroatoms. The van der Waals surface area contributed by atoms with Gasteiger partial charge < -0.3 is 40.9 Å². The molecule has 0 aromatic heterocycles. The first-order valence-electron chi connectivity index (χ1n) is 12.1. The summed E-state index contributed by atoms with van der Waals surface area (Å²) in [6.45, 7) is 1.66. The predicted octanol–water partition coefficient (Wildman–Crippen LogP) is -0.396. The van der Waals surface area contributed by atoms with Crippen LogP contribution in [0.3, 0.4) is 0 Å². The van der Waals surface area contributed by atoms with Crippen molar-refractivity contribution < 1.29 is 49.4 Å². The number of phenols is 1. The second kappa shape index (κ2) is 10.2. The van der Waals surface area contributed by atoms with E-state index in [2.05, 4.69) is 21.2 Å². The average Bonchev–Trinajstić information content (AvgIpc) is 2.85. The lowest BCUT2D eigenvalue weighted by Crippen LogP contribution is -2.76. The molecule has 8 atom stereocenters. The standard InChI is InChI=1S/C25H30BrN3O10/c1-8-9-4-5-10(28-24(37)39-7-6-26)17(30)12(9)18(31)13-11(8)19(32)15-16(29(2)3)20(33)14(23(27)36)22(35)25(15,38)21(13)34/h4-5,8,11,14-16,19-20,30-33,38H,6-7H2,1-3H3,(H2,27,36)(H,28,37)/t8-,11?,14?,15?,16-,19-,20?,25-/m0/s1. The van der Waals surface area contributed by atoms with Gasteiger partial charge in [-0.3, -0.25) is 19.7 Å². The number of carbonyl (C=O) groups is 4. The van der Waals surface area contributed by atoms with Crippen molar-refractivity contribution in [1.29, 1.82) is 0 Å². The second-order valence-electron chi connectivity index (χ2n) is 10.3. The van der Waals surface area contributed by atoms with Crippen LogP contribution in [-0.2, 0) is 19.1 Å². The topological polar surface area (TPSA) is 220 Å². The SMILES string of the molecule is C[C@H]1c2ccc(NC(=O)OCCBr)c(O)c2C(O)=C2C(=O)[C@]3(O)C(=O)C(C(N)=O)C(O)[C@@H](N(C)C)C3[C@@H](O)C21. The number of hydrogen-bond donors (Lipinski definition) is 7. The van der Waals surface area contributed by atoms with E-state index in [0.29, 0.717) is 10.9 Å². The Kier molecular flexibility index (Phi) is 7.55. The number of nitrogens with one attached hydrogen (secondary N) is 1. The van der Waals surface area contributed by atoms with E-state index in [0.717, 1.165) is 0 Å². The normalized spacial score (nSPS) is 33.8. The molecule has 1 aromatic carbocycles. The zero-order chi connectivity index (χ0) is 29.1. The number of nitrogens with zero attached hydrogens (tertiary/aromatic N) is 1. The van der Waals surface area contributed by atoms with Crippen LogP contribution in [0.25, 0.3) is 5.76 Å². The maximum absolute atomic E-state index is 13.9. The number of benzene rings is 1. The van der Waals surface area contributed by atoms with Crippen molar-refractivity contribution in [2.24, 2.45) is 23.5 Å². The van der Waals surface area contributed by atoms with Crippen molar-refractivity contribution in [3.63, 3.8) is 0 Å². The Labute approximate surface area is 231 Å². The third kappa shape index (κ3) is 4.12. The molecule has 4 rings (SSSR count). The molecule has 0 bridgehead atoms. The average molecular weight is 612 g/mol. The second-order valence-corrected chi connectivity index (χ2v) is 11.0. The molecule has 8 N–H and O–H groups in total. The quantitative estimate of drug-likeness (QED) is 0.129. The van der Waals surface area contributed by atoms with Gasteiger partial charge in [0.15, 0.2) is 11.4 Å². The van der Waals surface area contributed by atoms with Crippen molar-refractivity contribution in [3.05, 3.63) is 28.8 Å². The molecule has 2 amide bonds. The predicted molar refractivity (Wildman–Crippen MR) is 139 cm³/mol. The van der Waals surface area contributed by atoms with E-state index in [1.165, 1.54) is 31.1 Å². The molecule has 0 radical (unpaired) electrons. The third-order valence-electron chi connectivity index (χ3n) is 8.04. The van der Waals surface area contributed by atoms with Crippen LogP contribution < -0.4 is 11.1 Å². The lowest BCUT2D eigenvalue weighted by Gasteiger charge is -2.56. The Morgan fingerprint density at radius 3 is 2.38 bits per heavy atom. The number of likely N-dealkylation sites (N-methyl/N-ethyl adjacent to an activating group) is 1. The first-order valence-corrected chi connectivity index (χ1v) is 13.3. The van der Waals surface area contributed by atoms with E-state index in [-0.39, 0.29) is 17.9 Å². The Morgan fingerprint density at radius 2 is 1.82 bits per heavy atom. The molecule has 0 heterocycles. The highest BCUT2D eigenvalue weighted by molar-refractivity contribution is 9.09. The first-order chi connectivity index (χ1) is 18.2. The number of rotatable bonds is 5. The Hall–Kier alpha value is -3.04. The van der Waals surface area contributed by atoms with E-state index in [9.17, 15) is 44.7 Å². The largest absolute Gasteiger partial charge is 0.507 e. The van der Waals surface area contributed by atoms with Crippen LogP contribution in [0.1, 0.15) is 24.0 Å². The number of amides is 2. The number of aliphatic hydroxyl groups is 4. The van der Waals surface area contributed by atoms with Crippen LogP contribution in [0.15, 0.2) is 17.7 Å². The highest BCUT2D eigenvalue weighted by Gasteiger charge is 2.71. The van der Waals surface area contributed by atoms with Gasteiger partial charge in [-0.05, 0) is 31.6 Å². The monoisotopic (exact) mass is 611 g/mol. The van der Waals surface area contributed by atoms with Gasteiger partial charge in [0.25, 0.3) is 0 Å². The molecule has 39 heavy (non-hydrogen) atoms. The molecule has 0 spiro atoms. The van der Waals surface area contributed by atoms with Crippen LogP contribution >= 0.6 is 15.9 Å². The van der Waals surface area contributed by atoms with Gasteiger partial charge in [0, 0.05) is 28.8 Å². The number of hydrogen-bond acceptors (Lipinski definition) is 11. The summed E-state index contributed by atoms with van der Waals surface area (Å²) >= 11 is 3.11. The van der Waals surface area contributed by atoms with E-state index < -0.39 is 88.2 Å². The summed E-state index contributed by atoms with van der Waals surface area (Å²) in [5.74, 6) is -10.8. The van der Waals surface area contributed by atoms with Crippen molar-refractivity contribution in [2.75, 3.05) is 31.3 Å². The number of carbonyl (C=O) groups excluding carboxylic acids is 4. The minimum atomic E-state index is -3.02. The van der Waals surface area contributed by atoms with Gasteiger partial charge in [0.2, 0.25) is 11.7 Å². The number of halogens is 1. The molecule has 4 unspecified atom stereocenters. The molecule has 2 fully saturated rings. The number of phenolic OH excluding ortho intramolecular Hbond substituents is 1. The van der Waals surface area contributed by atoms with Gasteiger partial charge in [-0.2, -0.15) is 0 Å². The number of Topliss-reactive ketones (excluding diaryl/α,β-unsaturated/α-hetero) is 2. The van der Waals surface area contributed by atoms with Crippen LogP contribution in [0.2, 0.25) is 0 Å². The highest BCUT2D eigenvalue weighted by atomic mass is 79.9. The summed E-state index contributed by atoms with van der Waals surface area (Å²) in [4.78, 5) is 52.9. The van der Waals surface area contributed by atoms with Gasteiger partial charge in [-0.25, -0.2) is 4.79 Å². The molecule has 13 nitrogen and oxygen atoms in total. The Bertz CT molecular complexity index is 1280. The summed E-state index contributed by atoms with van der Waals surface area (Å²) in [5, 5.41) is 59.2. The summed E-state index contributed by atoms with van der Waals surface area (Å²) in [5.41, 5.74) is 1.74. The van der Waals surface area contributed by atoms with Gasteiger partial charge in [-0.1, -0.05) is 28.9 Å². The Balaban J connectivity index is 1.90. The van der Waals surface area contributed by atoms with Crippen LogP contribution in [0.5, 0.6) is 5.75 Å². The highest BCUT2D eigenvalue weighted by Crippen LogP contribution is 2.56. The number of anilines is 1. The summed E-state index contributed by atoms with van der Waals surface area (Å²) in [6.07, 6.45) is -4.28. The lowest BCUT2D eigenvalue weighted by molar-refractivity contribution is -0.199. The molecule has 2 saturated carbocycles. The van der Waals surface area contributed by atoms with Crippen molar-refractivity contribution in [2.45, 2.75) is 36.7 Å². The minimum absolute atomic E-state index is 0.0423. The third-order valence-corrected chi connectivity index (χ3v) is 8.36. The molecule has 1 aromatic rings. The molecule has 212 valence electrons. The number of ether oxygens (including phenoxy) is 1. The number of fused-ring (bicyclic) bond motifs is 3. The summed E-state index contributed by atoms with van der Waals surface area (Å²) < 4.78 is 4.91. The van der Waals surface area contributed by atoms with Crippen LogP contribution in [0, 0.1) is 17.8 Å². The Morgan fingerprint density at radius 1 is 1.18 bits per heavy atom. The molecular formula is C25H30BrN3O10. The van der Waals surface area contributed by atoms with Crippen LogP contribution in [-0.4, -0.2) is 104 Å². The lowest BCUT2D eigenvalue weighted by atomic mass is 9.52. The number of aliphatic hydroxyl groups excluding tert-OH is 3. The fourth-order valence-corrected chi connectivity index (χ4v) is 6.52. The zero-order valence-corrected chi connectivity index (χ0v) is 22.9. The first kappa shape index (κ1) is 29.0. The van der Waals surface area contributed by atoms with Gasteiger partial charge in [0.1, 0.15) is 24.0 Å². The fourth-order valence-electron chi connectivity index (χ4n) is 6.35. The zero-order valence-electron chi connectivity index (χ0n) is 21.3. The molecule has 3 aliphatic carbocycles.